The van der Waals surface area contributed by atoms with Crippen molar-refractivity contribution >= 4 is 34.5 Å². The van der Waals surface area contributed by atoms with Gasteiger partial charge in [-0.2, -0.15) is 0 Å². The molecule has 4 amide bonds. The number of nitrogens with zero attached hydrogens (tertiary/aromatic N) is 1. The number of para-hydroxylation sites is 1. The van der Waals surface area contributed by atoms with Crippen molar-refractivity contribution in [2.75, 3.05) is 6.54 Å². The van der Waals surface area contributed by atoms with Crippen molar-refractivity contribution in [3.63, 3.8) is 0 Å². The molecule has 0 radical (unpaired) electrons. The number of nitrogens with one attached hydrogen (secondary N) is 4. The molecule has 0 spiro atoms. The normalized spacial score (nSPS) is 25.0. The molecule has 2 aliphatic rings. The Morgan fingerprint density at radius 1 is 0.756 bits per heavy atom. The van der Waals surface area contributed by atoms with Crippen LogP contribution in [-0.4, -0.2) is 75.4 Å². The number of H-pyrrole nitrogens is 1. The Balaban J connectivity index is 1.40. The van der Waals surface area contributed by atoms with E-state index in [0.717, 1.165) is 27.6 Å². The molecule has 232 valence electrons. The van der Waals surface area contributed by atoms with E-state index in [1.807, 2.05) is 98.0 Å². The molecular formula is C35H37N5O5. The Morgan fingerprint density at radius 2 is 1.36 bits per heavy atom. The van der Waals surface area contributed by atoms with Crippen LogP contribution in [0.5, 0.6) is 0 Å². The van der Waals surface area contributed by atoms with E-state index in [-0.39, 0.29) is 25.8 Å². The van der Waals surface area contributed by atoms with Crippen LogP contribution >= 0.6 is 0 Å². The highest BCUT2D eigenvalue weighted by Gasteiger charge is 2.44. The zero-order chi connectivity index (χ0) is 31.5. The van der Waals surface area contributed by atoms with E-state index in [1.54, 1.807) is 0 Å². The van der Waals surface area contributed by atoms with Crippen LogP contribution in [-0.2, 0) is 32.0 Å². The van der Waals surface area contributed by atoms with E-state index in [9.17, 15) is 24.3 Å². The fraction of sp³-hybridized carbons (Fsp3) is 0.314. The first kappa shape index (κ1) is 30.1. The maximum Gasteiger partial charge on any atom is 0.246 e. The van der Waals surface area contributed by atoms with E-state index in [0.29, 0.717) is 0 Å². The second-order valence-electron chi connectivity index (χ2n) is 12.0. The number of rotatable bonds is 6. The van der Waals surface area contributed by atoms with Gasteiger partial charge in [0.15, 0.2) is 0 Å². The largest absolute Gasteiger partial charge is 0.391 e. The van der Waals surface area contributed by atoms with Gasteiger partial charge in [0, 0.05) is 48.8 Å². The van der Waals surface area contributed by atoms with Crippen LogP contribution in [0, 0.1) is 0 Å². The monoisotopic (exact) mass is 607 g/mol. The molecule has 2 fully saturated rings. The molecule has 3 aromatic carbocycles. The van der Waals surface area contributed by atoms with E-state index < -0.39 is 59.8 Å². The highest BCUT2D eigenvalue weighted by atomic mass is 16.3. The van der Waals surface area contributed by atoms with Gasteiger partial charge in [-0.15, -0.1) is 0 Å². The molecule has 10 nitrogen and oxygen atoms in total. The summed E-state index contributed by atoms with van der Waals surface area (Å²) < 4.78 is 0. The van der Waals surface area contributed by atoms with Gasteiger partial charge in [-0.05, 0) is 22.8 Å². The molecule has 6 atom stereocenters. The van der Waals surface area contributed by atoms with Crippen LogP contribution in [0.3, 0.4) is 0 Å². The van der Waals surface area contributed by atoms with Gasteiger partial charge in [-0.3, -0.25) is 19.2 Å². The molecule has 0 bridgehead atoms. The number of aliphatic hydroxyl groups excluding tert-OH is 1. The molecule has 6 rings (SSSR count). The maximum atomic E-state index is 14.2. The number of aromatic nitrogens is 1. The topological polar surface area (TPSA) is 144 Å². The summed E-state index contributed by atoms with van der Waals surface area (Å²) in [5, 5.41) is 20.2. The molecule has 3 heterocycles. The standard InChI is InChI=1S/C35H37N5O5/c1-21(26-19-36-27-15-9-8-14-25(26)27)31-34(44)38-29(17-23-12-6-3-7-13-23)35(45)40-20-24(41)18-30(40)33(43)37-28(32(42)39-31)16-22-10-4-2-5-11-22/h2-15,19,21,24,28-31,36,41H,16-18,20H2,1H3,(H,37,43)(H,38,44)(H,39,42)/t21?,24-,28-,29-,30+,31+/m0/s1. The second-order valence-corrected chi connectivity index (χ2v) is 12.0. The summed E-state index contributed by atoms with van der Waals surface area (Å²) >= 11 is 0. The summed E-state index contributed by atoms with van der Waals surface area (Å²) in [6.07, 6.45) is 1.29. The number of hydrogen-bond donors (Lipinski definition) is 5. The van der Waals surface area contributed by atoms with Crippen molar-refractivity contribution in [2.24, 2.45) is 0 Å². The van der Waals surface area contributed by atoms with Gasteiger partial charge in [0.05, 0.1) is 6.10 Å². The average Bonchev–Trinajstić information content (AvgIpc) is 3.66. The van der Waals surface area contributed by atoms with Crippen molar-refractivity contribution in [1.29, 1.82) is 0 Å². The van der Waals surface area contributed by atoms with Crippen molar-refractivity contribution in [2.45, 2.75) is 62.4 Å². The summed E-state index contributed by atoms with van der Waals surface area (Å²) in [6, 6.07) is 22.1. The number of aromatic amines is 1. The molecule has 0 aliphatic carbocycles. The fourth-order valence-electron chi connectivity index (χ4n) is 6.47. The summed E-state index contributed by atoms with van der Waals surface area (Å²) in [5.41, 5.74) is 3.36. The Bertz CT molecular complexity index is 1690. The minimum Gasteiger partial charge on any atom is -0.391 e. The summed E-state index contributed by atoms with van der Waals surface area (Å²) in [6.45, 7) is 1.81. The average molecular weight is 608 g/mol. The molecule has 10 heteroatoms. The number of aliphatic hydroxyl groups is 1. The van der Waals surface area contributed by atoms with Crippen LogP contribution in [0.25, 0.3) is 10.9 Å². The molecule has 5 N–H and O–H groups in total. The lowest BCUT2D eigenvalue weighted by Gasteiger charge is -2.33. The third kappa shape index (κ3) is 6.46. The molecule has 0 saturated carbocycles. The van der Waals surface area contributed by atoms with Gasteiger partial charge < -0.3 is 30.9 Å². The summed E-state index contributed by atoms with van der Waals surface area (Å²) in [4.78, 5) is 60.7. The Kier molecular flexibility index (Phi) is 8.66. The third-order valence-corrected chi connectivity index (χ3v) is 8.87. The van der Waals surface area contributed by atoms with Crippen LogP contribution < -0.4 is 16.0 Å². The molecule has 2 aliphatic heterocycles. The fourth-order valence-corrected chi connectivity index (χ4v) is 6.47. The van der Waals surface area contributed by atoms with Crippen LogP contribution in [0.2, 0.25) is 0 Å². The lowest BCUT2D eigenvalue weighted by Crippen LogP contribution is -2.62. The number of fused-ring (bicyclic) bond motifs is 2. The number of carbonyl (C=O) groups excluding carboxylic acids is 4. The van der Waals surface area contributed by atoms with E-state index >= 15 is 0 Å². The SMILES string of the molecule is CC(c1c[nH]c2ccccc12)[C@H]1NC(=O)[C@H](Cc2ccccc2)NC(=O)[C@H]2C[C@H](O)CN2C(=O)[C@H](Cc2ccccc2)NC1=O. The third-order valence-electron chi connectivity index (χ3n) is 8.87. The minimum absolute atomic E-state index is 0.0312. The van der Waals surface area contributed by atoms with Gasteiger partial charge in [0.2, 0.25) is 23.6 Å². The zero-order valence-electron chi connectivity index (χ0n) is 25.0. The number of amides is 4. The highest BCUT2D eigenvalue weighted by Crippen LogP contribution is 2.29. The van der Waals surface area contributed by atoms with Gasteiger partial charge in [0.25, 0.3) is 0 Å². The van der Waals surface area contributed by atoms with Gasteiger partial charge >= 0.3 is 0 Å². The smallest absolute Gasteiger partial charge is 0.246 e. The summed E-state index contributed by atoms with van der Waals surface area (Å²) in [7, 11) is 0. The number of carbonyl (C=O) groups is 4. The first-order valence-corrected chi connectivity index (χ1v) is 15.3. The quantitative estimate of drug-likeness (QED) is 0.228. The Morgan fingerprint density at radius 3 is 2.04 bits per heavy atom. The van der Waals surface area contributed by atoms with Crippen molar-refractivity contribution < 1.29 is 24.3 Å². The molecule has 45 heavy (non-hydrogen) atoms. The van der Waals surface area contributed by atoms with Crippen LogP contribution in [0.4, 0.5) is 0 Å². The molecule has 4 aromatic rings. The lowest BCUT2D eigenvalue weighted by atomic mass is 9.91. The molecular weight excluding hydrogens is 570 g/mol. The highest BCUT2D eigenvalue weighted by molar-refractivity contribution is 5.99. The summed E-state index contributed by atoms with van der Waals surface area (Å²) in [5.74, 6) is -2.53. The van der Waals surface area contributed by atoms with Gasteiger partial charge in [-0.1, -0.05) is 85.8 Å². The Hall–Kier alpha value is -4.96. The van der Waals surface area contributed by atoms with E-state index in [4.69, 9.17) is 0 Å². The first-order chi connectivity index (χ1) is 21.8. The van der Waals surface area contributed by atoms with Crippen molar-refractivity contribution in [1.82, 2.24) is 25.8 Å². The first-order valence-electron chi connectivity index (χ1n) is 15.3. The zero-order valence-corrected chi connectivity index (χ0v) is 25.0. The Labute approximate surface area is 261 Å². The predicted octanol–water partition coefficient (Wildman–Crippen LogP) is 2.19. The van der Waals surface area contributed by atoms with Crippen molar-refractivity contribution in [3.8, 4) is 0 Å². The molecule has 1 unspecified atom stereocenters. The number of hydrogen-bond acceptors (Lipinski definition) is 5. The van der Waals surface area contributed by atoms with E-state index in [1.165, 1.54) is 4.90 Å². The molecule has 2 saturated heterocycles. The van der Waals surface area contributed by atoms with Gasteiger partial charge in [-0.25, -0.2) is 0 Å². The lowest BCUT2D eigenvalue weighted by molar-refractivity contribution is -0.143. The maximum absolute atomic E-state index is 14.2. The van der Waals surface area contributed by atoms with Gasteiger partial charge in [0.1, 0.15) is 24.2 Å². The van der Waals surface area contributed by atoms with Crippen LogP contribution in [0.15, 0.2) is 91.1 Å². The van der Waals surface area contributed by atoms with Crippen molar-refractivity contribution in [3.05, 3.63) is 108 Å². The predicted molar refractivity (Wildman–Crippen MR) is 169 cm³/mol. The second kappa shape index (κ2) is 13.0. The minimum atomic E-state index is -1.07. The van der Waals surface area contributed by atoms with Crippen LogP contribution in [0.1, 0.15) is 36.0 Å². The number of benzene rings is 3. The molecule has 1 aromatic heterocycles. The van der Waals surface area contributed by atoms with E-state index in [2.05, 4.69) is 20.9 Å².